The van der Waals surface area contributed by atoms with Crippen LogP contribution in [0, 0.1) is 30.1 Å². The summed E-state index contributed by atoms with van der Waals surface area (Å²) in [5.74, 6) is -0.650. The molecular formula is C84H131N7O7. The fraction of sp³-hybridized carbons (Fsp3) is 0.667. The van der Waals surface area contributed by atoms with Crippen molar-refractivity contribution in [3.05, 3.63) is 141 Å². The molecule has 5 saturated heterocycles. The lowest BCUT2D eigenvalue weighted by molar-refractivity contribution is -0.208. The van der Waals surface area contributed by atoms with Crippen molar-refractivity contribution >= 4 is 23.8 Å². The molecule has 5 aliphatic heterocycles. The molecular weight excluding hydrogens is 1220 g/mol. The molecule has 9 aliphatic rings. The number of rotatable bonds is 11. The molecule has 4 spiro atoms. The van der Waals surface area contributed by atoms with E-state index in [4.69, 9.17) is 9.68 Å². The first-order valence-electron chi connectivity index (χ1n) is 37.9. The van der Waals surface area contributed by atoms with Crippen molar-refractivity contribution in [3.63, 3.8) is 0 Å². The highest BCUT2D eigenvalue weighted by Crippen LogP contribution is 2.55. The highest BCUT2D eigenvalue weighted by molar-refractivity contribution is 6.02. The number of ether oxygens (including phenoxy) is 1. The van der Waals surface area contributed by atoms with Gasteiger partial charge in [0, 0.05) is 60.2 Å². The van der Waals surface area contributed by atoms with Gasteiger partial charge in [0.2, 0.25) is 5.91 Å². The number of hydrogen-bond donors (Lipinski definition) is 3. The van der Waals surface area contributed by atoms with Crippen LogP contribution in [0.1, 0.15) is 282 Å². The summed E-state index contributed by atoms with van der Waals surface area (Å²) < 4.78 is 5.45. The van der Waals surface area contributed by atoms with Gasteiger partial charge in [0.05, 0.1) is 18.0 Å². The summed E-state index contributed by atoms with van der Waals surface area (Å²) in [6, 6.07) is 30.9. The molecule has 5 fully saturated rings. The number of aliphatic carboxylic acids is 1. The number of carbonyl (C=O) groups excluding carboxylic acids is 3. The number of carbonyl (C=O) groups is 4. The van der Waals surface area contributed by atoms with Crippen LogP contribution in [0.2, 0.25) is 0 Å². The normalized spacial score (nSPS) is 23.2. The quantitative estimate of drug-likeness (QED) is 0.123. The van der Waals surface area contributed by atoms with E-state index in [1.54, 1.807) is 17.4 Å². The highest BCUT2D eigenvalue weighted by atomic mass is 16.8. The zero-order valence-electron chi connectivity index (χ0n) is 63.2. The zero-order valence-corrected chi connectivity index (χ0v) is 63.2. The molecule has 1 unspecified atom stereocenters. The second kappa shape index (κ2) is 30.6. The molecule has 3 atom stereocenters. The van der Waals surface area contributed by atoms with E-state index in [2.05, 4.69) is 167 Å². The molecule has 0 bridgehead atoms. The lowest BCUT2D eigenvalue weighted by Crippen LogP contribution is -2.46. The zero-order chi connectivity index (χ0) is 70.6. The molecule has 0 saturated carbocycles. The van der Waals surface area contributed by atoms with Crippen LogP contribution < -0.4 is 10.8 Å². The fourth-order valence-corrected chi connectivity index (χ4v) is 17.7. The van der Waals surface area contributed by atoms with Crippen LogP contribution in [0.4, 0.5) is 4.79 Å². The van der Waals surface area contributed by atoms with Crippen molar-refractivity contribution in [2.24, 2.45) is 16.2 Å². The molecule has 0 radical (unpaired) electrons. The smallest absolute Gasteiger partial charge is 0.410 e. The predicted octanol–water partition coefficient (Wildman–Crippen LogP) is 17.4. The molecule has 4 aromatic carbocycles. The Bertz CT molecular complexity index is 3400. The minimum atomic E-state index is -0.663. The minimum Gasteiger partial charge on any atom is -0.481 e. The lowest BCUT2D eigenvalue weighted by Gasteiger charge is -2.41. The first-order valence-corrected chi connectivity index (χ1v) is 37.9. The van der Waals surface area contributed by atoms with E-state index < -0.39 is 11.6 Å². The average molecular weight is 1350 g/mol. The molecule has 2 amide bonds. The topological polar surface area (TPSA) is 147 Å². The number of nitrogens with zero attached hydrogens (tertiary/aromatic N) is 5. The summed E-state index contributed by atoms with van der Waals surface area (Å²) in [6.07, 6.45) is 18.4. The van der Waals surface area contributed by atoms with Crippen molar-refractivity contribution in [1.29, 1.82) is 0 Å². The first-order chi connectivity index (χ1) is 46.1. The van der Waals surface area contributed by atoms with Gasteiger partial charge in [0.25, 0.3) is 0 Å². The second-order valence-electron chi connectivity index (χ2n) is 36.1. The summed E-state index contributed by atoms with van der Waals surface area (Å²) in [7, 11) is 0. The first kappa shape index (κ1) is 75.2. The van der Waals surface area contributed by atoms with E-state index in [1.807, 2.05) is 45.9 Å². The summed E-state index contributed by atoms with van der Waals surface area (Å²) >= 11 is 0. The molecule has 14 heteroatoms. The van der Waals surface area contributed by atoms with E-state index in [-0.39, 0.29) is 50.3 Å². The van der Waals surface area contributed by atoms with Crippen molar-refractivity contribution < 1.29 is 38.2 Å². The Morgan fingerprint density at radius 3 is 1.43 bits per heavy atom. The standard InChI is InChI=1S/C23H37N3O.C22H34N2O.C20H29NO2.C19H25NO3.3H2/c1-22(2,3)10-15-25-16-11-23(12-17-25)18-21(19-8-4-5-9-20(19)23)24-27-26-13-6-7-14-26;1-16-6-7-19-18(14-16)20(23-17(2)25)15-22(19)9-12-24(13-10-22)11-8-21(3,4)5;1-19(2,3)8-11-21-12-9-20(10-13-21)14-16(18(22)23)15-6-4-5-7-17(15)20;1-13-5-6-15-14(11-13)16(21)12-19(15)7-9-20(10-8-19)17(22)23-18(2,3)4;;;/h4-5,8-9,21,24H,6-7,10-18H2,1-3H3;6-7,14,20H,8-13,15H2,1-5H3,(H,23,25);4-7,16H,8-14H2,1-3H3,(H,22,23);5-6,11H,7-10,12H2,1-4H3;3*1H/t21-;20-;;;;;/m00...../s1. The Kier molecular flexibility index (Phi) is 23.5. The number of piperidine rings is 4. The van der Waals surface area contributed by atoms with E-state index in [9.17, 15) is 24.3 Å². The molecule has 4 aliphatic carbocycles. The molecule has 5 heterocycles. The van der Waals surface area contributed by atoms with Gasteiger partial charge in [0.1, 0.15) is 5.60 Å². The van der Waals surface area contributed by atoms with Gasteiger partial charge in [0.15, 0.2) is 5.78 Å². The number of Topliss-reactive ketones (excluding diaryl/α,β-unsaturated/α-hetero) is 1. The number of nitrogens with one attached hydrogen (secondary N) is 2. The van der Waals surface area contributed by atoms with Crippen LogP contribution in [-0.4, -0.2) is 144 Å². The molecule has 14 nitrogen and oxygen atoms in total. The Hall–Kier alpha value is -5.48. The number of ketones is 1. The van der Waals surface area contributed by atoms with E-state index >= 15 is 0 Å². The Morgan fingerprint density at radius 2 is 0.949 bits per heavy atom. The molecule has 0 aromatic heterocycles. The van der Waals surface area contributed by atoms with Gasteiger partial charge < -0.3 is 34.8 Å². The van der Waals surface area contributed by atoms with Crippen molar-refractivity contribution in [1.82, 2.24) is 35.5 Å². The average Bonchev–Trinajstić information content (AvgIpc) is 1.58. The van der Waals surface area contributed by atoms with E-state index in [0.29, 0.717) is 47.2 Å². The third-order valence-electron chi connectivity index (χ3n) is 23.7. The number of carboxylic acids is 1. The summed E-state index contributed by atoms with van der Waals surface area (Å²) in [6.45, 7) is 46.3. The van der Waals surface area contributed by atoms with Crippen LogP contribution in [0.15, 0.2) is 84.9 Å². The summed E-state index contributed by atoms with van der Waals surface area (Å²) in [5, 5.41) is 14.9. The van der Waals surface area contributed by atoms with E-state index in [0.717, 1.165) is 87.9 Å². The number of amides is 2. The highest BCUT2D eigenvalue weighted by Gasteiger charge is 2.50. The van der Waals surface area contributed by atoms with Crippen LogP contribution in [0.3, 0.4) is 0 Å². The van der Waals surface area contributed by atoms with Crippen molar-refractivity contribution in [2.45, 2.75) is 258 Å². The Morgan fingerprint density at radius 1 is 0.520 bits per heavy atom. The fourth-order valence-electron chi connectivity index (χ4n) is 17.7. The summed E-state index contributed by atoms with van der Waals surface area (Å²) in [4.78, 5) is 63.5. The third-order valence-corrected chi connectivity index (χ3v) is 23.7. The third kappa shape index (κ3) is 18.6. The van der Waals surface area contributed by atoms with Gasteiger partial charge in [-0.2, -0.15) is 10.5 Å². The predicted molar refractivity (Wildman–Crippen MR) is 402 cm³/mol. The van der Waals surface area contributed by atoms with Crippen molar-refractivity contribution in [2.75, 3.05) is 85.1 Å². The molecule has 3 N–H and O–H groups in total. The largest absolute Gasteiger partial charge is 0.481 e. The lowest BCUT2D eigenvalue weighted by atomic mass is 9.73. The van der Waals surface area contributed by atoms with Crippen LogP contribution in [-0.2, 0) is 40.9 Å². The monoisotopic (exact) mass is 1350 g/mol. The number of benzene rings is 4. The molecule has 4 aromatic rings. The van der Waals surface area contributed by atoms with Crippen LogP contribution in [0.25, 0.3) is 0 Å². The maximum absolute atomic E-state index is 12.4. The maximum atomic E-state index is 12.4. The van der Waals surface area contributed by atoms with Gasteiger partial charge in [-0.3, -0.25) is 14.4 Å². The number of aryl methyl sites for hydroxylation is 2. The molecule has 98 heavy (non-hydrogen) atoms. The van der Waals surface area contributed by atoms with Gasteiger partial charge in [-0.05, 0) is 268 Å². The second-order valence-corrected chi connectivity index (χ2v) is 36.1. The Labute approximate surface area is 594 Å². The maximum Gasteiger partial charge on any atom is 0.410 e. The number of hydroxylamine groups is 3. The number of fused-ring (bicyclic) bond motifs is 8. The minimum absolute atomic E-state index is 0. The van der Waals surface area contributed by atoms with Gasteiger partial charge in [-0.15, -0.1) is 0 Å². The molecule has 13 rings (SSSR count). The SMILES string of the molecule is CC(=O)N[C@H]1CC2(CCN(CCC(C)(C)C)CC2)c2ccc(C)cc21.CC(C)(C)CCN1CCC2(CC1)CC(C(=O)O)c1ccccc12.CC(C)(C)CCN1CCC2(CC1)C[C@H](NON1CCCC1)c1ccccc12.Cc1ccc2c(c1)C(=O)CC21CCN(C(=O)OC(C)(C)C)CC1.[HH].[HH].[HH]. The van der Waals surface area contributed by atoms with Gasteiger partial charge in [-0.25, -0.2) is 9.73 Å². The summed E-state index contributed by atoms with van der Waals surface area (Å²) in [5.41, 5.74) is 17.5. The number of hydrogen-bond acceptors (Lipinski definition) is 11. The van der Waals surface area contributed by atoms with Gasteiger partial charge >= 0.3 is 12.1 Å². The van der Waals surface area contributed by atoms with E-state index in [1.165, 1.54) is 137 Å². The van der Waals surface area contributed by atoms with Crippen molar-refractivity contribution in [3.8, 4) is 0 Å². The number of likely N-dealkylation sites (tertiary alicyclic amines) is 4. The van der Waals surface area contributed by atoms with Gasteiger partial charge in [-0.1, -0.05) is 152 Å². The Balaban J connectivity index is 0.000000187. The molecule has 544 valence electrons. The van der Waals surface area contributed by atoms with Crippen LogP contribution in [0.5, 0.6) is 0 Å². The number of carboxylic acid groups (broad SMARTS) is 1. The van der Waals surface area contributed by atoms with Crippen LogP contribution >= 0.6 is 0 Å².